The van der Waals surface area contributed by atoms with Gasteiger partial charge in [0, 0.05) is 31.0 Å². The number of benzene rings is 2. The summed E-state index contributed by atoms with van der Waals surface area (Å²) in [6, 6.07) is 14.4. The predicted octanol–water partition coefficient (Wildman–Crippen LogP) is 3.54. The molecule has 0 N–H and O–H groups in total. The highest BCUT2D eigenvalue weighted by Crippen LogP contribution is 2.38. The van der Waals surface area contributed by atoms with Gasteiger partial charge in [0.25, 0.3) is 5.91 Å². The lowest BCUT2D eigenvalue weighted by atomic mass is 9.84. The average Bonchev–Trinajstić information content (AvgIpc) is 3.38. The van der Waals surface area contributed by atoms with Crippen molar-refractivity contribution >= 4 is 17.5 Å². The molecule has 6 nitrogen and oxygen atoms in total. The molecule has 1 aromatic heterocycles. The van der Waals surface area contributed by atoms with Crippen LogP contribution in [0.1, 0.15) is 39.5 Å². The van der Waals surface area contributed by atoms with Crippen LogP contribution in [-0.2, 0) is 16.1 Å². The summed E-state index contributed by atoms with van der Waals surface area (Å²) in [4.78, 5) is 45.2. The summed E-state index contributed by atoms with van der Waals surface area (Å²) in [5, 5.41) is 0. The van der Waals surface area contributed by atoms with Gasteiger partial charge in [0.15, 0.2) is 5.78 Å². The van der Waals surface area contributed by atoms with Crippen LogP contribution in [0.5, 0.6) is 0 Å². The summed E-state index contributed by atoms with van der Waals surface area (Å²) in [5.74, 6) is -2.53. The fourth-order valence-electron chi connectivity index (χ4n) is 4.26. The van der Waals surface area contributed by atoms with Gasteiger partial charge >= 0.3 is 0 Å². The third-order valence-corrected chi connectivity index (χ3v) is 5.86. The first-order valence-corrected chi connectivity index (χ1v) is 10.4. The molecule has 1 saturated heterocycles. The van der Waals surface area contributed by atoms with Crippen molar-refractivity contribution in [2.45, 2.75) is 32.9 Å². The summed E-state index contributed by atoms with van der Waals surface area (Å²) in [5.41, 5.74) is 3.06. The van der Waals surface area contributed by atoms with Crippen LogP contribution in [0.3, 0.4) is 0 Å². The number of ketones is 2. The summed E-state index contributed by atoms with van der Waals surface area (Å²) in [6.07, 6.45) is 5.94. The van der Waals surface area contributed by atoms with Crippen LogP contribution >= 0.6 is 0 Å². The first kappa shape index (κ1) is 20.7. The van der Waals surface area contributed by atoms with E-state index < -0.39 is 23.7 Å². The minimum Gasteiger partial charge on any atom is -0.337 e. The van der Waals surface area contributed by atoms with E-state index >= 15 is 0 Å². The number of likely N-dealkylation sites (tertiary alicyclic amines) is 1. The standard InChI is InChI=1S/C25H25N3O3/c1-17-9-10-18(2)20(15-17)23(29)21-22(19-7-4-3-5-8-19)28(25(31)24(21)30)13-6-12-27-14-11-26-16-27/h3-5,7-11,14-16,21-22H,6,12-13H2,1-2H3. The Bertz CT molecular complexity index is 1110. The van der Waals surface area contributed by atoms with E-state index in [2.05, 4.69) is 4.98 Å². The van der Waals surface area contributed by atoms with Gasteiger partial charge < -0.3 is 9.47 Å². The molecule has 6 heteroatoms. The van der Waals surface area contributed by atoms with Gasteiger partial charge in [0.2, 0.25) is 5.78 Å². The number of aromatic nitrogens is 2. The van der Waals surface area contributed by atoms with Gasteiger partial charge in [0.1, 0.15) is 5.92 Å². The van der Waals surface area contributed by atoms with Gasteiger partial charge in [-0.1, -0.05) is 48.0 Å². The van der Waals surface area contributed by atoms with Gasteiger partial charge in [-0.15, -0.1) is 0 Å². The molecule has 0 saturated carbocycles. The molecule has 2 unspecified atom stereocenters. The zero-order valence-corrected chi connectivity index (χ0v) is 17.7. The summed E-state index contributed by atoms with van der Waals surface area (Å²) in [7, 11) is 0. The lowest BCUT2D eigenvalue weighted by molar-refractivity contribution is -0.140. The molecule has 3 aromatic rings. The number of aryl methyl sites for hydroxylation is 3. The van der Waals surface area contributed by atoms with Crippen LogP contribution < -0.4 is 0 Å². The van der Waals surface area contributed by atoms with Crippen LogP contribution in [0.2, 0.25) is 0 Å². The Morgan fingerprint density at radius 2 is 1.81 bits per heavy atom. The number of amides is 1. The second-order valence-electron chi connectivity index (χ2n) is 8.03. The van der Waals surface area contributed by atoms with Gasteiger partial charge in [-0.2, -0.15) is 0 Å². The lowest BCUT2D eigenvalue weighted by Crippen LogP contribution is -2.32. The zero-order chi connectivity index (χ0) is 22.0. The molecule has 0 radical (unpaired) electrons. The summed E-state index contributed by atoms with van der Waals surface area (Å²) < 4.78 is 1.93. The smallest absolute Gasteiger partial charge is 0.291 e. The van der Waals surface area contributed by atoms with E-state index in [1.165, 1.54) is 0 Å². The van der Waals surface area contributed by atoms with E-state index in [-0.39, 0.29) is 5.78 Å². The number of hydrogen-bond acceptors (Lipinski definition) is 4. The molecule has 0 bridgehead atoms. The molecule has 1 aliphatic heterocycles. The Balaban J connectivity index is 1.67. The number of hydrogen-bond donors (Lipinski definition) is 0. The molecule has 1 aliphatic rings. The zero-order valence-electron chi connectivity index (χ0n) is 17.7. The fraction of sp³-hybridized carbons (Fsp3) is 0.280. The van der Waals surface area contributed by atoms with Crippen molar-refractivity contribution < 1.29 is 14.4 Å². The molecule has 4 rings (SSSR count). The van der Waals surface area contributed by atoms with Crippen molar-refractivity contribution in [2.75, 3.05) is 6.54 Å². The molecule has 2 heterocycles. The number of carbonyl (C=O) groups is 3. The molecule has 2 aromatic carbocycles. The first-order chi connectivity index (χ1) is 15.0. The van der Waals surface area contributed by atoms with E-state index in [0.29, 0.717) is 25.1 Å². The molecule has 158 valence electrons. The quantitative estimate of drug-likeness (QED) is 0.336. The third-order valence-electron chi connectivity index (χ3n) is 5.86. The van der Waals surface area contributed by atoms with Crippen molar-refractivity contribution in [2.24, 2.45) is 5.92 Å². The lowest BCUT2D eigenvalue weighted by Gasteiger charge is -2.27. The molecule has 1 amide bonds. The van der Waals surface area contributed by atoms with Gasteiger partial charge in [-0.25, -0.2) is 4.98 Å². The van der Waals surface area contributed by atoms with Gasteiger partial charge in [-0.05, 0) is 37.5 Å². The van der Waals surface area contributed by atoms with Crippen molar-refractivity contribution in [3.8, 4) is 0 Å². The first-order valence-electron chi connectivity index (χ1n) is 10.4. The van der Waals surface area contributed by atoms with Gasteiger partial charge in [0.05, 0.1) is 12.4 Å². The second-order valence-corrected chi connectivity index (χ2v) is 8.03. The van der Waals surface area contributed by atoms with Crippen molar-refractivity contribution in [3.05, 3.63) is 89.5 Å². The molecular formula is C25H25N3O3. The minimum absolute atomic E-state index is 0.287. The van der Waals surface area contributed by atoms with Crippen LogP contribution in [0.4, 0.5) is 0 Å². The SMILES string of the molecule is Cc1ccc(C)c(C(=O)C2C(=O)C(=O)N(CCCn3ccnc3)C2c2ccccc2)c1. The Hall–Kier alpha value is -3.54. The van der Waals surface area contributed by atoms with Crippen LogP contribution in [0.25, 0.3) is 0 Å². The number of rotatable bonds is 7. The van der Waals surface area contributed by atoms with E-state index in [0.717, 1.165) is 16.7 Å². The molecule has 0 aliphatic carbocycles. The molecule has 1 fully saturated rings. The van der Waals surface area contributed by atoms with Crippen LogP contribution in [-0.4, -0.2) is 38.5 Å². The Labute approximate surface area is 181 Å². The highest BCUT2D eigenvalue weighted by atomic mass is 16.2. The fourth-order valence-corrected chi connectivity index (χ4v) is 4.26. The number of imidazole rings is 1. The van der Waals surface area contributed by atoms with E-state index in [4.69, 9.17) is 0 Å². The van der Waals surface area contributed by atoms with E-state index in [1.807, 2.05) is 67.1 Å². The second kappa shape index (κ2) is 8.68. The summed E-state index contributed by atoms with van der Waals surface area (Å²) in [6.45, 7) is 4.83. The topological polar surface area (TPSA) is 72.3 Å². The molecular weight excluding hydrogens is 390 g/mol. The maximum atomic E-state index is 13.6. The van der Waals surface area contributed by atoms with Crippen LogP contribution in [0, 0.1) is 19.8 Å². The van der Waals surface area contributed by atoms with Crippen LogP contribution in [0.15, 0.2) is 67.3 Å². The molecule has 31 heavy (non-hydrogen) atoms. The summed E-state index contributed by atoms with van der Waals surface area (Å²) >= 11 is 0. The maximum Gasteiger partial charge on any atom is 0.291 e. The minimum atomic E-state index is -1.04. The number of nitrogens with zero attached hydrogens (tertiary/aromatic N) is 3. The van der Waals surface area contributed by atoms with E-state index in [1.54, 1.807) is 23.5 Å². The Morgan fingerprint density at radius 3 is 2.52 bits per heavy atom. The molecule has 2 atom stereocenters. The maximum absolute atomic E-state index is 13.6. The third kappa shape index (κ3) is 4.06. The monoisotopic (exact) mass is 415 g/mol. The van der Waals surface area contributed by atoms with Crippen molar-refractivity contribution in [3.63, 3.8) is 0 Å². The Kier molecular flexibility index (Phi) is 5.80. The normalized spacial score (nSPS) is 18.6. The van der Waals surface area contributed by atoms with Crippen molar-refractivity contribution in [1.82, 2.24) is 14.5 Å². The highest BCUT2D eigenvalue weighted by molar-refractivity contribution is 6.44. The van der Waals surface area contributed by atoms with Gasteiger partial charge in [-0.3, -0.25) is 14.4 Å². The average molecular weight is 415 g/mol. The number of Topliss-reactive ketones (excluding diaryl/α,β-unsaturated/α-hetero) is 2. The highest BCUT2D eigenvalue weighted by Gasteiger charge is 2.51. The predicted molar refractivity (Wildman–Crippen MR) is 116 cm³/mol. The largest absolute Gasteiger partial charge is 0.337 e. The Morgan fingerprint density at radius 1 is 1.03 bits per heavy atom. The number of carbonyl (C=O) groups excluding carboxylic acids is 3. The van der Waals surface area contributed by atoms with Crippen molar-refractivity contribution in [1.29, 1.82) is 0 Å². The van der Waals surface area contributed by atoms with E-state index in [9.17, 15) is 14.4 Å². The molecule has 0 spiro atoms.